The van der Waals surface area contributed by atoms with Crippen molar-refractivity contribution in [1.29, 1.82) is 0 Å². The molecule has 2 heterocycles. The van der Waals surface area contributed by atoms with E-state index in [1.54, 1.807) is 6.07 Å². The van der Waals surface area contributed by atoms with Gasteiger partial charge in [-0.05, 0) is 43.9 Å². The van der Waals surface area contributed by atoms with Crippen LogP contribution in [0.1, 0.15) is 25.7 Å². The first-order valence-electron chi connectivity index (χ1n) is 8.63. The minimum atomic E-state index is -0.896. The standard InChI is InChI=1S/C17H21ClN4O5/c18-9-1-4-14(13(5-9)21-16(19)24)27-8-15(23)20-10-6-11-2-3-12(7-10)22(11)17(25)26/h1,4-5,10-12H,2-3,6-8H2,(H,20,23)(H,25,26)(H3,19,21,24). The predicted octanol–water partition coefficient (Wildman–Crippen LogP) is 2.00. The van der Waals surface area contributed by atoms with Crippen LogP contribution in [-0.4, -0.2) is 52.8 Å². The molecule has 4 amide bonds. The van der Waals surface area contributed by atoms with Crippen molar-refractivity contribution in [3.63, 3.8) is 0 Å². The minimum absolute atomic E-state index is 0.0462. The largest absolute Gasteiger partial charge is 0.482 e. The number of fused-ring (bicyclic) bond motifs is 2. The minimum Gasteiger partial charge on any atom is -0.482 e. The number of nitrogens with zero attached hydrogens (tertiary/aromatic N) is 1. The monoisotopic (exact) mass is 396 g/mol. The molecule has 0 aliphatic carbocycles. The second-order valence-electron chi connectivity index (χ2n) is 6.73. The second-order valence-corrected chi connectivity index (χ2v) is 7.17. The van der Waals surface area contributed by atoms with Gasteiger partial charge in [-0.3, -0.25) is 4.79 Å². The zero-order valence-corrected chi connectivity index (χ0v) is 15.2. The molecule has 0 radical (unpaired) electrons. The lowest BCUT2D eigenvalue weighted by molar-refractivity contribution is -0.124. The molecule has 0 spiro atoms. The van der Waals surface area contributed by atoms with Crippen molar-refractivity contribution < 1.29 is 24.2 Å². The van der Waals surface area contributed by atoms with Crippen LogP contribution >= 0.6 is 11.6 Å². The Hall–Kier alpha value is -2.68. The van der Waals surface area contributed by atoms with Crippen LogP contribution in [0.25, 0.3) is 0 Å². The van der Waals surface area contributed by atoms with Crippen LogP contribution in [0, 0.1) is 0 Å². The Labute approximate surface area is 160 Å². The zero-order chi connectivity index (χ0) is 19.6. The van der Waals surface area contributed by atoms with Gasteiger partial charge in [-0.1, -0.05) is 11.6 Å². The molecule has 0 aromatic heterocycles. The van der Waals surface area contributed by atoms with Crippen LogP contribution in [0.3, 0.4) is 0 Å². The van der Waals surface area contributed by atoms with Gasteiger partial charge in [0.2, 0.25) is 0 Å². The molecular formula is C17H21ClN4O5. The molecule has 2 bridgehead atoms. The Morgan fingerprint density at radius 2 is 1.93 bits per heavy atom. The molecule has 2 aliphatic heterocycles. The Bertz CT molecular complexity index is 745. The van der Waals surface area contributed by atoms with Crippen LogP contribution in [0.4, 0.5) is 15.3 Å². The first kappa shape index (κ1) is 19.1. The molecule has 1 aromatic carbocycles. The van der Waals surface area contributed by atoms with Gasteiger partial charge in [0.15, 0.2) is 6.61 Å². The summed E-state index contributed by atoms with van der Waals surface area (Å²) >= 11 is 5.89. The van der Waals surface area contributed by atoms with E-state index in [0.29, 0.717) is 17.9 Å². The van der Waals surface area contributed by atoms with Gasteiger partial charge in [0.05, 0.1) is 5.69 Å². The molecule has 2 aliphatic rings. The molecule has 2 fully saturated rings. The first-order chi connectivity index (χ1) is 12.8. The summed E-state index contributed by atoms with van der Waals surface area (Å²) in [5.74, 6) is -0.0442. The molecule has 0 saturated carbocycles. The SMILES string of the molecule is NC(=O)Nc1cc(Cl)ccc1OCC(=O)NC1CC2CCC(C1)N2C(=O)O. The van der Waals surface area contributed by atoms with E-state index in [-0.39, 0.29) is 42.1 Å². The third kappa shape index (κ3) is 4.54. The van der Waals surface area contributed by atoms with E-state index in [1.807, 2.05) is 0 Å². The highest BCUT2D eigenvalue weighted by Gasteiger charge is 2.43. The van der Waals surface area contributed by atoms with Crippen molar-refractivity contribution in [1.82, 2.24) is 10.2 Å². The number of primary amides is 1. The van der Waals surface area contributed by atoms with Crippen molar-refractivity contribution in [3.05, 3.63) is 23.2 Å². The fourth-order valence-electron chi connectivity index (χ4n) is 3.88. The van der Waals surface area contributed by atoms with Crippen LogP contribution in [0.15, 0.2) is 18.2 Å². The quantitative estimate of drug-likeness (QED) is 0.603. The van der Waals surface area contributed by atoms with Crippen molar-refractivity contribution in [2.45, 2.75) is 43.8 Å². The van der Waals surface area contributed by atoms with Crippen LogP contribution < -0.4 is 21.1 Å². The fourth-order valence-corrected chi connectivity index (χ4v) is 4.05. The number of urea groups is 1. The number of hydrogen-bond acceptors (Lipinski definition) is 4. The summed E-state index contributed by atoms with van der Waals surface area (Å²) in [7, 11) is 0. The summed E-state index contributed by atoms with van der Waals surface area (Å²) in [4.78, 5) is 36.1. The van der Waals surface area contributed by atoms with Gasteiger partial charge in [-0.15, -0.1) is 0 Å². The summed E-state index contributed by atoms with van der Waals surface area (Å²) in [6, 6.07) is 3.63. The molecule has 1 aromatic rings. The van der Waals surface area contributed by atoms with Crippen LogP contribution in [0.2, 0.25) is 5.02 Å². The molecule has 5 N–H and O–H groups in total. The number of carbonyl (C=O) groups excluding carboxylic acids is 2. The number of amides is 4. The van der Waals surface area contributed by atoms with Crippen molar-refractivity contribution in [3.8, 4) is 5.75 Å². The second kappa shape index (κ2) is 7.91. The summed E-state index contributed by atoms with van der Waals surface area (Å²) in [5, 5.41) is 15.0. The van der Waals surface area contributed by atoms with Gasteiger partial charge in [0.25, 0.3) is 5.91 Å². The molecule has 2 atom stereocenters. The van der Waals surface area contributed by atoms with E-state index in [0.717, 1.165) is 12.8 Å². The third-order valence-electron chi connectivity index (χ3n) is 4.88. The molecule has 9 nitrogen and oxygen atoms in total. The van der Waals surface area contributed by atoms with Crippen LogP contribution in [-0.2, 0) is 4.79 Å². The normalized spacial score (nSPS) is 23.6. The number of halogens is 1. The highest BCUT2D eigenvalue weighted by atomic mass is 35.5. The Morgan fingerprint density at radius 3 is 2.52 bits per heavy atom. The number of ether oxygens (including phenoxy) is 1. The predicted molar refractivity (Wildman–Crippen MR) is 98.0 cm³/mol. The molecule has 146 valence electrons. The highest BCUT2D eigenvalue weighted by Crippen LogP contribution is 2.35. The lowest BCUT2D eigenvalue weighted by Gasteiger charge is -2.37. The lowest BCUT2D eigenvalue weighted by Crippen LogP contribution is -2.52. The number of carbonyl (C=O) groups is 3. The summed E-state index contributed by atoms with van der Waals surface area (Å²) in [6.45, 7) is -0.246. The van der Waals surface area contributed by atoms with Crippen molar-refractivity contribution in [2.75, 3.05) is 11.9 Å². The van der Waals surface area contributed by atoms with Gasteiger partial charge in [-0.25, -0.2) is 9.59 Å². The number of nitrogens with two attached hydrogens (primary N) is 1. The molecule has 27 heavy (non-hydrogen) atoms. The van der Waals surface area contributed by atoms with Crippen molar-refractivity contribution >= 4 is 35.3 Å². The molecule has 3 rings (SSSR count). The van der Waals surface area contributed by atoms with Gasteiger partial charge in [0.1, 0.15) is 5.75 Å². The Balaban J connectivity index is 1.54. The summed E-state index contributed by atoms with van der Waals surface area (Å²) in [5.41, 5.74) is 5.39. The van der Waals surface area contributed by atoms with Crippen molar-refractivity contribution in [2.24, 2.45) is 5.73 Å². The fraction of sp³-hybridized carbons (Fsp3) is 0.471. The Kier molecular flexibility index (Phi) is 5.59. The first-order valence-corrected chi connectivity index (χ1v) is 9.00. The maximum atomic E-state index is 12.2. The van der Waals surface area contributed by atoms with E-state index in [2.05, 4.69) is 10.6 Å². The smallest absolute Gasteiger partial charge is 0.407 e. The number of hydrogen-bond donors (Lipinski definition) is 4. The molecule has 2 unspecified atom stereocenters. The van der Waals surface area contributed by atoms with E-state index >= 15 is 0 Å². The van der Waals surface area contributed by atoms with E-state index < -0.39 is 12.1 Å². The average Bonchev–Trinajstić information content (AvgIpc) is 2.85. The molecule has 10 heteroatoms. The zero-order valence-electron chi connectivity index (χ0n) is 14.5. The maximum Gasteiger partial charge on any atom is 0.407 e. The van der Waals surface area contributed by atoms with Gasteiger partial charge in [-0.2, -0.15) is 0 Å². The van der Waals surface area contributed by atoms with Crippen LogP contribution in [0.5, 0.6) is 5.75 Å². The number of anilines is 1. The van der Waals surface area contributed by atoms with E-state index in [1.165, 1.54) is 17.0 Å². The van der Waals surface area contributed by atoms with E-state index in [9.17, 15) is 19.5 Å². The summed E-state index contributed by atoms with van der Waals surface area (Å²) in [6.07, 6.45) is 1.96. The maximum absolute atomic E-state index is 12.2. The number of benzene rings is 1. The number of rotatable bonds is 5. The number of carboxylic acid groups (broad SMARTS) is 1. The molecular weight excluding hydrogens is 376 g/mol. The number of piperidine rings is 1. The van der Waals surface area contributed by atoms with Gasteiger partial charge < -0.3 is 31.1 Å². The van der Waals surface area contributed by atoms with E-state index in [4.69, 9.17) is 22.1 Å². The molecule has 2 saturated heterocycles. The topological polar surface area (TPSA) is 134 Å². The van der Waals surface area contributed by atoms with Gasteiger partial charge >= 0.3 is 12.1 Å². The van der Waals surface area contributed by atoms with Gasteiger partial charge in [0, 0.05) is 23.1 Å². The third-order valence-corrected chi connectivity index (χ3v) is 5.11. The summed E-state index contributed by atoms with van der Waals surface area (Å²) < 4.78 is 5.48. The Morgan fingerprint density at radius 1 is 1.26 bits per heavy atom. The highest BCUT2D eigenvalue weighted by molar-refractivity contribution is 6.31. The number of nitrogens with one attached hydrogen (secondary N) is 2. The average molecular weight is 397 g/mol. The lowest BCUT2D eigenvalue weighted by atomic mass is 9.98.